The molecule has 21 heavy (non-hydrogen) atoms. The van der Waals surface area contributed by atoms with Crippen molar-refractivity contribution in [3.8, 4) is 0 Å². The molecule has 118 valence electrons. The Morgan fingerprint density at radius 3 is 2.71 bits per heavy atom. The van der Waals surface area contributed by atoms with Crippen LogP contribution in [0.4, 0.5) is 0 Å². The smallest absolute Gasteiger partial charge is 0.260 e. The highest BCUT2D eigenvalue weighted by molar-refractivity contribution is 7.89. The summed E-state index contributed by atoms with van der Waals surface area (Å²) in [5, 5.41) is 3.44. The Bertz CT molecular complexity index is 555. The van der Waals surface area contributed by atoms with Gasteiger partial charge in [-0.3, -0.25) is 0 Å². The maximum atomic E-state index is 12.4. The van der Waals surface area contributed by atoms with E-state index in [2.05, 4.69) is 10.3 Å². The highest BCUT2D eigenvalue weighted by Crippen LogP contribution is 2.19. The molecule has 0 saturated heterocycles. The Hall–Kier alpha value is -1.02. The zero-order valence-corrected chi connectivity index (χ0v) is 13.6. The molecule has 1 atom stereocenters. The number of nitrogens with one attached hydrogen (secondary N) is 1. The van der Waals surface area contributed by atoms with Crippen LogP contribution in [0, 0.1) is 0 Å². The van der Waals surface area contributed by atoms with Crippen molar-refractivity contribution < 1.29 is 13.2 Å². The van der Waals surface area contributed by atoms with Crippen LogP contribution in [0.25, 0.3) is 0 Å². The van der Waals surface area contributed by atoms with Gasteiger partial charge in [-0.05, 0) is 31.4 Å². The fraction of sp³-hybridized carbons (Fsp3) is 0.643. The molecular formula is C14H23N3O3S. The van der Waals surface area contributed by atoms with Gasteiger partial charge in [0.25, 0.3) is 10.0 Å². The van der Waals surface area contributed by atoms with Crippen molar-refractivity contribution in [2.24, 2.45) is 0 Å². The van der Waals surface area contributed by atoms with Crippen LogP contribution >= 0.6 is 0 Å². The molecule has 1 heterocycles. The number of nitrogens with zero attached hydrogens (tertiary/aromatic N) is 2. The van der Waals surface area contributed by atoms with Gasteiger partial charge in [-0.1, -0.05) is 6.07 Å². The minimum Gasteiger partial charge on any atom is -0.383 e. The Kier molecular flexibility index (Phi) is 5.32. The van der Waals surface area contributed by atoms with Gasteiger partial charge in [-0.25, -0.2) is 13.4 Å². The highest BCUT2D eigenvalue weighted by Gasteiger charge is 2.26. The van der Waals surface area contributed by atoms with Gasteiger partial charge < -0.3 is 10.1 Å². The third kappa shape index (κ3) is 4.23. The first-order valence-electron chi connectivity index (χ1n) is 7.10. The Morgan fingerprint density at radius 2 is 2.19 bits per heavy atom. The van der Waals surface area contributed by atoms with E-state index in [1.807, 2.05) is 6.07 Å². The van der Waals surface area contributed by atoms with E-state index in [9.17, 15) is 8.42 Å². The van der Waals surface area contributed by atoms with Gasteiger partial charge in [-0.2, -0.15) is 4.31 Å². The summed E-state index contributed by atoms with van der Waals surface area (Å²) in [6.45, 7) is 2.88. The number of aromatic nitrogens is 1. The first-order chi connectivity index (χ1) is 9.95. The second kappa shape index (κ2) is 6.83. The Morgan fingerprint density at radius 1 is 1.48 bits per heavy atom. The lowest BCUT2D eigenvalue weighted by Crippen LogP contribution is -2.38. The lowest BCUT2D eigenvalue weighted by Gasteiger charge is -2.23. The molecule has 0 aliphatic heterocycles. The molecule has 0 bridgehead atoms. The molecular weight excluding hydrogens is 290 g/mol. The molecule has 0 amide bonds. The number of hydrogen-bond donors (Lipinski definition) is 1. The summed E-state index contributed by atoms with van der Waals surface area (Å²) in [4.78, 5) is 4.10. The molecule has 0 aromatic carbocycles. The van der Waals surface area contributed by atoms with Gasteiger partial charge >= 0.3 is 0 Å². The average Bonchev–Trinajstić information content (AvgIpc) is 3.29. The van der Waals surface area contributed by atoms with Gasteiger partial charge in [0.15, 0.2) is 5.03 Å². The molecule has 6 nitrogen and oxygen atoms in total. The number of ether oxygens (including phenoxy) is 1. The largest absolute Gasteiger partial charge is 0.383 e. The Balaban J connectivity index is 2.04. The predicted molar refractivity (Wildman–Crippen MR) is 80.4 cm³/mol. The van der Waals surface area contributed by atoms with E-state index < -0.39 is 10.0 Å². The van der Waals surface area contributed by atoms with Crippen LogP contribution in [-0.2, 0) is 21.3 Å². The second-order valence-electron chi connectivity index (χ2n) is 5.49. The topological polar surface area (TPSA) is 71.5 Å². The van der Waals surface area contributed by atoms with E-state index in [4.69, 9.17) is 4.74 Å². The van der Waals surface area contributed by atoms with Crippen molar-refractivity contribution in [3.63, 3.8) is 0 Å². The molecule has 1 N–H and O–H groups in total. The van der Waals surface area contributed by atoms with E-state index >= 15 is 0 Å². The van der Waals surface area contributed by atoms with E-state index in [0.29, 0.717) is 12.6 Å². The molecule has 1 aromatic rings. The zero-order valence-electron chi connectivity index (χ0n) is 12.7. The molecule has 0 radical (unpaired) electrons. The summed E-state index contributed by atoms with van der Waals surface area (Å²) in [7, 11) is -0.477. The summed E-state index contributed by atoms with van der Waals surface area (Å²) >= 11 is 0. The van der Waals surface area contributed by atoms with E-state index in [1.165, 1.54) is 17.1 Å². The van der Waals surface area contributed by atoms with Crippen LogP contribution in [0.15, 0.2) is 23.4 Å². The van der Waals surface area contributed by atoms with Crippen molar-refractivity contribution in [2.75, 3.05) is 20.8 Å². The van der Waals surface area contributed by atoms with Gasteiger partial charge in [-0.15, -0.1) is 0 Å². The molecule has 7 heteroatoms. The molecule has 1 fully saturated rings. The Labute approximate surface area is 126 Å². The number of pyridine rings is 1. The SMILES string of the molecule is COCC(C)N(C)S(=O)(=O)c1ccc(CNC2CC2)cn1. The van der Waals surface area contributed by atoms with Crippen LogP contribution in [0.3, 0.4) is 0 Å². The molecule has 1 unspecified atom stereocenters. The standard InChI is InChI=1S/C14H23N3O3S/c1-11(10-20-3)17(2)21(18,19)14-7-4-12(9-16-14)8-15-13-5-6-13/h4,7,9,11,13,15H,5-6,8,10H2,1-3H3. The third-order valence-corrected chi connectivity index (χ3v) is 5.53. The van der Waals surface area contributed by atoms with Crippen molar-refractivity contribution in [2.45, 2.75) is 43.4 Å². The summed E-state index contributed by atoms with van der Waals surface area (Å²) in [5.41, 5.74) is 0.994. The highest BCUT2D eigenvalue weighted by atomic mass is 32.2. The van der Waals surface area contributed by atoms with E-state index in [-0.39, 0.29) is 11.1 Å². The second-order valence-corrected chi connectivity index (χ2v) is 7.43. The lowest BCUT2D eigenvalue weighted by atomic mass is 10.3. The fourth-order valence-electron chi connectivity index (χ4n) is 1.95. The first-order valence-corrected chi connectivity index (χ1v) is 8.54. The van der Waals surface area contributed by atoms with Crippen molar-refractivity contribution >= 4 is 10.0 Å². The van der Waals surface area contributed by atoms with E-state index in [1.54, 1.807) is 33.3 Å². The maximum Gasteiger partial charge on any atom is 0.260 e. The number of methoxy groups -OCH3 is 1. The number of sulfonamides is 1. The first kappa shape index (κ1) is 16.4. The van der Waals surface area contributed by atoms with Crippen molar-refractivity contribution in [1.29, 1.82) is 0 Å². The third-order valence-electron chi connectivity index (χ3n) is 3.64. The summed E-state index contributed by atoms with van der Waals surface area (Å²) in [6, 6.07) is 3.76. The average molecular weight is 313 g/mol. The van der Waals surface area contributed by atoms with Gasteiger partial charge in [0.1, 0.15) is 0 Å². The molecule has 1 aromatic heterocycles. The molecule has 1 saturated carbocycles. The zero-order chi connectivity index (χ0) is 15.5. The van der Waals surface area contributed by atoms with Crippen molar-refractivity contribution in [3.05, 3.63) is 23.9 Å². The monoisotopic (exact) mass is 313 g/mol. The normalized spacial score (nSPS) is 17.1. The number of rotatable bonds is 8. The van der Waals surface area contributed by atoms with Crippen LogP contribution in [0.5, 0.6) is 0 Å². The molecule has 2 rings (SSSR count). The summed E-state index contributed by atoms with van der Waals surface area (Å²) < 4.78 is 31.1. The van der Waals surface area contributed by atoms with Crippen molar-refractivity contribution in [1.82, 2.24) is 14.6 Å². The van der Waals surface area contributed by atoms with Crippen LogP contribution < -0.4 is 5.32 Å². The van der Waals surface area contributed by atoms with Crippen LogP contribution in [0.1, 0.15) is 25.3 Å². The maximum absolute atomic E-state index is 12.4. The van der Waals surface area contributed by atoms with Gasteiger partial charge in [0.05, 0.1) is 6.61 Å². The minimum atomic E-state index is -3.57. The number of likely N-dealkylation sites (N-methyl/N-ethyl adjacent to an activating group) is 1. The minimum absolute atomic E-state index is 0.0723. The molecule has 0 spiro atoms. The van der Waals surface area contributed by atoms with Gasteiger partial charge in [0, 0.05) is 39.0 Å². The fourth-order valence-corrected chi connectivity index (χ4v) is 3.20. The number of hydrogen-bond acceptors (Lipinski definition) is 5. The summed E-state index contributed by atoms with van der Waals surface area (Å²) in [5.74, 6) is 0. The van der Waals surface area contributed by atoms with E-state index in [0.717, 1.165) is 12.1 Å². The molecule has 1 aliphatic rings. The van der Waals surface area contributed by atoms with Crippen LogP contribution in [0.2, 0.25) is 0 Å². The quantitative estimate of drug-likeness (QED) is 0.775. The summed E-state index contributed by atoms with van der Waals surface area (Å²) in [6.07, 6.45) is 4.07. The molecule has 1 aliphatic carbocycles. The predicted octanol–water partition coefficient (Wildman–Crippen LogP) is 0.989. The van der Waals surface area contributed by atoms with Crippen LogP contribution in [-0.4, -0.2) is 50.6 Å². The lowest BCUT2D eigenvalue weighted by molar-refractivity contribution is 0.149. The van der Waals surface area contributed by atoms with Gasteiger partial charge in [0.2, 0.25) is 0 Å².